The Kier molecular flexibility index (Phi) is 5.13. The number of carbonyl (C=O) groups excluding carboxylic acids is 2. The van der Waals surface area contributed by atoms with E-state index in [0.717, 1.165) is 49.2 Å². The van der Waals surface area contributed by atoms with Crippen LogP contribution in [0.2, 0.25) is 0 Å². The third kappa shape index (κ3) is 3.56. The monoisotopic (exact) mass is 343 g/mol. The van der Waals surface area contributed by atoms with Gasteiger partial charge in [0, 0.05) is 56.9 Å². The number of amides is 2. The molecule has 0 atom stereocenters. The molecule has 2 amide bonds. The first-order valence-electron chi connectivity index (χ1n) is 9.30. The van der Waals surface area contributed by atoms with Crippen molar-refractivity contribution in [2.75, 3.05) is 31.6 Å². The van der Waals surface area contributed by atoms with Crippen LogP contribution in [0.5, 0.6) is 0 Å². The molecule has 2 aliphatic rings. The van der Waals surface area contributed by atoms with Crippen molar-refractivity contribution in [1.82, 2.24) is 9.80 Å². The minimum absolute atomic E-state index is 0.0619. The maximum Gasteiger partial charge on any atom is 0.253 e. The highest BCUT2D eigenvalue weighted by Crippen LogP contribution is 2.29. The standard InChI is InChI=1S/C20H29N3O2/c1-14(2)22-10-8-18(9-11-22)21(4)20(25)17-5-6-19-16(13-17)7-12-23(19)15(3)24/h5-6,13-14,18H,7-12H2,1-4H3. The lowest BCUT2D eigenvalue weighted by Gasteiger charge is -2.38. The van der Waals surface area contributed by atoms with E-state index >= 15 is 0 Å². The van der Waals surface area contributed by atoms with E-state index < -0.39 is 0 Å². The highest BCUT2D eigenvalue weighted by atomic mass is 16.2. The first-order valence-corrected chi connectivity index (χ1v) is 9.30. The summed E-state index contributed by atoms with van der Waals surface area (Å²) in [5.74, 6) is 0.152. The van der Waals surface area contributed by atoms with E-state index in [-0.39, 0.29) is 11.8 Å². The Morgan fingerprint density at radius 1 is 1.16 bits per heavy atom. The second kappa shape index (κ2) is 7.16. The van der Waals surface area contributed by atoms with Crippen LogP contribution in [0.25, 0.3) is 0 Å². The third-order valence-electron chi connectivity index (χ3n) is 5.70. The van der Waals surface area contributed by atoms with Crippen molar-refractivity contribution >= 4 is 17.5 Å². The summed E-state index contributed by atoms with van der Waals surface area (Å²) in [6.45, 7) is 8.86. The summed E-state index contributed by atoms with van der Waals surface area (Å²) in [5.41, 5.74) is 2.79. The molecule has 2 aliphatic heterocycles. The molecule has 0 radical (unpaired) electrons. The van der Waals surface area contributed by atoms with Gasteiger partial charge in [-0.3, -0.25) is 9.59 Å². The number of fused-ring (bicyclic) bond motifs is 1. The number of hydrogen-bond acceptors (Lipinski definition) is 3. The lowest BCUT2D eigenvalue weighted by molar-refractivity contribution is -0.116. The maximum absolute atomic E-state index is 12.9. The zero-order valence-electron chi connectivity index (χ0n) is 15.8. The lowest BCUT2D eigenvalue weighted by atomic mass is 10.0. The van der Waals surface area contributed by atoms with Crippen LogP contribution < -0.4 is 4.90 Å². The van der Waals surface area contributed by atoms with Crippen LogP contribution >= 0.6 is 0 Å². The SMILES string of the molecule is CC(=O)N1CCc2cc(C(=O)N(C)C3CCN(C(C)C)CC3)ccc21. The molecule has 0 aromatic heterocycles. The number of rotatable bonds is 3. The zero-order chi connectivity index (χ0) is 18.1. The number of piperidine rings is 1. The Labute approximate surface area is 150 Å². The van der Waals surface area contributed by atoms with Gasteiger partial charge in [0.15, 0.2) is 0 Å². The average Bonchev–Trinajstić information content (AvgIpc) is 3.04. The van der Waals surface area contributed by atoms with Crippen LogP contribution in [0, 0.1) is 0 Å². The van der Waals surface area contributed by atoms with Gasteiger partial charge >= 0.3 is 0 Å². The third-order valence-corrected chi connectivity index (χ3v) is 5.70. The molecule has 2 heterocycles. The van der Waals surface area contributed by atoms with Crippen molar-refractivity contribution in [3.8, 4) is 0 Å². The fraction of sp³-hybridized carbons (Fsp3) is 0.600. The van der Waals surface area contributed by atoms with Crippen molar-refractivity contribution in [2.24, 2.45) is 0 Å². The highest BCUT2D eigenvalue weighted by Gasteiger charge is 2.28. The smallest absolute Gasteiger partial charge is 0.253 e. The Morgan fingerprint density at radius 2 is 1.84 bits per heavy atom. The zero-order valence-corrected chi connectivity index (χ0v) is 15.8. The fourth-order valence-corrected chi connectivity index (χ4v) is 4.02. The summed E-state index contributed by atoms with van der Waals surface area (Å²) in [7, 11) is 1.92. The van der Waals surface area contributed by atoms with Gasteiger partial charge in [0.1, 0.15) is 0 Å². The van der Waals surface area contributed by atoms with E-state index in [9.17, 15) is 9.59 Å². The van der Waals surface area contributed by atoms with Crippen LogP contribution in [0.4, 0.5) is 5.69 Å². The van der Waals surface area contributed by atoms with E-state index in [4.69, 9.17) is 0 Å². The molecule has 0 N–H and O–H groups in total. The van der Waals surface area contributed by atoms with Crippen molar-refractivity contribution in [1.29, 1.82) is 0 Å². The minimum atomic E-state index is 0.0619. The van der Waals surface area contributed by atoms with Gasteiger partial charge < -0.3 is 14.7 Å². The van der Waals surface area contributed by atoms with Gasteiger partial charge in [0.25, 0.3) is 5.91 Å². The molecule has 1 aromatic carbocycles. The minimum Gasteiger partial charge on any atom is -0.339 e. The molecule has 136 valence electrons. The van der Waals surface area contributed by atoms with Gasteiger partial charge in [-0.2, -0.15) is 0 Å². The predicted molar refractivity (Wildman–Crippen MR) is 100.0 cm³/mol. The van der Waals surface area contributed by atoms with Gasteiger partial charge in [-0.05, 0) is 56.9 Å². The second-order valence-electron chi connectivity index (χ2n) is 7.54. The molecule has 1 aromatic rings. The average molecular weight is 343 g/mol. The first kappa shape index (κ1) is 17.9. The molecular formula is C20H29N3O2. The van der Waals surface area contributed by atoms with Crippen LogP contribution in [0.1, 0.15) is 49.5 Å². The Bertz CT molecular complexity index is 663. The van der Waals surface area contributed by atoms with E-state index in [1.807, 2.05) is 30.1 Å². The summed E-state index contributed by atoms with van der Waals surface area (Å²) in [4.78, 5) is 30.7. The molecule has 1 saturated heterocycles. The Hall–Kier alpha value is -1.88. The highest BCUT2D eigenvalue weighted by molar-refractivity contribution is 5.97. The molecule has 0 unspecified atom stereocenters. The van der Waals surface area contributed by atoms with Gasteiger partial charge in [-0.25, -0.2) is 0 Å². The van der Waals surface area contributed by atoms with Crippen LogP contribution in [0.3, 0.4) is 0 Å². The summed E-state index contributed by atoms with van der Waals surface area (Å²) in [6, 6.07) is 6.64. The second-order valence-corrected chi connectivity index (χ2v) is 7.54. The van der Waals surface area contributed by atoms with E-state index in [0.29, 0.717) is 18.6 Å². The molecule has 5 heteroatoms. The number of carbonyl (C=O) groups is 2. The number of likely N-dealkylation sites (tertiary alicyclic amines) is 1. The Balaban J connectivity index is 1.68. The van der Waals surface area contributed by atoms with Crippen LogP contribution in [-0.4, -0.2) is 60.4 Å². The predicted octanol–water partition coefficient (Wildman–Crippen LogP) is 2.54. The van der Waals surface area contributed by atoms with Crippen LogP contribution in [0.15, 0.2) is 18.2 Å². The molecule has 5 nitrogen and oxygen atoms in total. The number of hydrogen-bond donors (Lipinski definition) is 0. The summed E-state index contributed by atoms with van der Waals surface area (Å²) in [5, 5.41) is 0. The number of nitrogens with zero attached hydrogens (tertiary/aromatic N) is 3. The van der Waals surface area contributed by atoms with Crippen molar-refractivity contribution in [3.05, 3.63) is 29.3 Å². The molecule has 3 rings (SSSR count). The molecule has 0 aliphatic carbocycles. The number of benzene rings is 1. The molecule has 0 saturated carbocycles. The van der Waals surface area contributed by atoms with Gasteiger partial charge in [0.05, 0.1) is 0 Å². The molecule has 25 heavy (non-hydrogen) atoms. The topological polar surface area (TPSA) is 43.9 Å². The largest absolute Gasteiger partial charge is 0.339 e. The normalized spacial score (nSPS) is 18.5. The lowest BCUT2D eigenvalue weighted by Crippen LogP contribution is -2.47. The van der Waals surface area contributed by atoms with Gasteiger partial charge in [-0.15, -0.1) is 0 Å². The molecule has 0 bridgehead atoms. The Morgan fingerprint density at radius 3 is 2.44 bits per heavy atom. The van der Waals surface area contributed by atoms with E-state index in [2.05, 4.69) is 18.7 Å². The quantitative estimate of drug-likeness (QED) is 0.847. The van der Waals surface area contributed by atoms with Crippen molar-refractivity contribution in [2.45, 2.75) is 52.1 Å². The summed E-state index contributed by atoms with van der Waals surface area (Å²) >= 11 is 0. The van der Waals surface area contributed by atoms with Gasteiger partial charge in [-0.1, -0.05) is 0 Å². The molecular weight excluding hydrogens is 314 g/mol. The van der Waals surface area contributed by atoms with Crippen molar-refractivity contribution < 1.29 is 9.59 Å². The fourth-order valence-electron chi connectivity index (χ4n) is 4.02. The van der Waals surface area contributed by atoms with Crippen molar-refractivity contribution in [3.63, 3.8) is 0 Å². The molecule has 0 spiro atoms. The maximum atomic E-state index is 12.9. The number of anilines is 1. The van der Waals surface area contributed by atoms with Crippen LogP contribution in [-0.2, 0) is 11.2 Å². The first-order chi connectivity index (χ1) is 11.9. The molecule has 1 fully saturated rings. The van der Waals surface area contributed by atoms with Gasteiger partial charge in [0.2, 0.25) is 5.91 Å². The van der Waals surface area contributed by atoms with E-state index in [1.165, 1.54) is 0 Å². The summed E-state index contributed by atoms with van der Waals surface area (Å²) in [6.07, 6.45) is 2.89. The van der Waals surface area contributed by atoms with E-state index in [1.54, 1.807) is 11.8 Å². The summed E-state index contributed by atoms with van der Waals surface area (Å²) < 4.78 is 0.